The first kappa shape index (κ1) is 13.3. The monoisotopic (exact) mass is 204 g/mol. The molecule has 0 N–H and O–H groups in total. The maximum absolute atomic E-state index is 2.27. The van der Waals surface area contributed by atoms with Crippen molar-refractivity contribution in [3.8, 4) is 0 Å². The zero-order valence-corrected chi connectivity index (χ0v) is 10.7. The van der Waals surface area contributed by atoms with E-state index in [1.165, 1.54) is 11.5 Å². The number of nitrogens with zero attached hydrogens (tertiary/aromatic N) is 2. The molecule has 0 saturated heterocycles. The molecule has 0 bridgehead atoms. The minimum atomic E-state index is 0.680. The van der Waals surface area contributed by atoms with Gasteiger partial charge in [-0.15, -0.1) is 0 Å². The molecule has 0 spiro atoms. The Bertz CT molecular complexity index is 112. The molecule has 2 unspecified atom stereocenters. The minimum Gasteiger partial charge on any atom is -0.306 e. The largest absolute Gasteiger partial charge is 0.306 e. The Balaban J connectivity index is 3.45. The van der Waals surface area contributed by atoms with E-state index in [-0.39, 0.29) is 0 Å². The van der Waals surface area contributed by atoms with Crippen molar-refractivity contribution in [3.63, 3.8) is 0 Å². The Morgan fingerprint density at radius 1 is 0.846 bits per heavy atom. The summed E-state index contributed by atoms with van der Waals surface area (Å²) < 4.78 is 0. The Kier molecular flexibility index (Phi) is 6.82. The molecule has 2 nitrogen and oxygen atoms in total. The first-order valence-electron chi connectivity index (χ1n) is 4.85. The molecular weight excluding hydrogens is 180 g/mol. The Morgan fingerprint density at radius 3 is 1.38 bits per heavy atom. The van der Waals surface area contributed by atoms with Gasteiger partial charge in [-0.25, -0.2) is 0 Å². The van der Waals surface area contributed by atoms with E-state index in [9.17, 15) is 0 Å². The van der Waals surface area contributed by atoms with Crippen LogP contribution in [0, 0.1) is 0 Å². The Labute approximate surface area is 87.7 Å². The fourth-order valence-electron chi connectivity index (χ4n) is 0.707. The molecule has 2 atom stereocenters. The standard InChI is InChI=1S/C10H24N2S/c1-9(11(3)4)7-13-8-10(2)12(5)6/h9-10H,7-8H2,1-6H3. The molecule has 0 radical (unpaired) electrons. The fourth-order valence-corrected chi connectivity index (χ4v) is 2.12. The molecular formula is C10H24N2S. The molecule has 0 saturated carbocycles. The van der Waals surface area contributed by atoms with E-state index in [4.69, 9.17) is 0 Å². The highest BCUT2D eigenvalue weighted by molar-refractivity contribution is 7.99. The first-order valence-corrected chi connectivity index (χ1v) is 6.01. The second-order valence-electron chi connectivity index (χ2n) is 4.16. The molecule has 0 aromatic carbocycles. The highest BCUT2D eigenvalue weighted by Crippen LogP contribution is 2.09. The summed E-state index contributed by atoms with van der Waals surface area (Å²) in [5.41, 5.74) is 0. The van der Waals surface area contributed by atoms with Crippen LogP contribution in [0.1, 0.15) is 13.8 Å². The average Bonchev–Trinajstić information content (AvgIpc) is 2.03. The van der Waals surface area contributed by atoms with E-state index >= 15 is 0 Å². The maximum Gasteiger partial charge on any atom is 0.0152 e. The molecule has 0 aliphatic carbocycles. The van der Waals surface area contributed by atoms with Crippen molar-refractivity contribution in [2.24, 2.45) is 0 Å². The SMILES string of the molecule is CC(CSCC(C)N(C)C)N(C)C. The zero-order valence-electron chi connectivity index (χ0n) is 9.87. The molecule has 0 aliphatic heterocycles. The van der Waals surface area contributed by atoms with Gasteiger partial charge in [-0.1, -0.05) is 0 Å². The van der Waals surface area contributed by atoms with E-state index in [1.807, 2.05) is 11.8 Å². The molecule has 0 amide bonds. The van der Waals surface area contributed by atoms with Crippen LogP contribution in [0.5, 0.6) is 0 Å². The summed E-state index contributed by atoms with van der Waals surface area (Å²) in [6, 6.07) is 1.36. The Hall–Kier alpha value is 0.270. The lowest BCUT2D eigenvalue weighted by molar-refractivity contribution is 0.334. The molecule has 0 heterocycles. The highest BCUT2D eigenvalue weighted by atomic mass is 32.2. The molecule has 0 aromatic heterocycles. The van der Waals surface area contributed by atoms with Gasteiger partial charge in [0.1, 0.15) is 0 Å². The van der Waals surface area contributed by atoms with Gasteiger partial charge in [0.2, 0.25) is 0 Å². The maximum atomic E-state index is 2.27. The summed E-state index contributed by atoms with van der Waals surface area (Å²) in [6.45, 7) is 4.54. The van der Waals surface area contributed by atoms with Crippen molar-refractivity contribution < 1.29 is 0 Å². The third-order valence-corrected chi connectivity index (χ3v) is 3.92. The van der Waals surface area contributed by atoms with Crippen LogP contribution in [0.15, 0.2) is 0 Å². The molecule has 0 aromatic rings. The average molecular weight is 204 g/mol. The van der Waals surface area contributed by atoms with Gasteiger partial charge in [0.05, 0.1) is 0 Å². The van der Waals surface area contributed by atoms with Gasteiger partial charge in [0.25, 0.3) is 0 Å². The lowest BCUT2D eigenvalue weighted by Crippen LogP contribution is -2.30. The van der Waals surface area contributed by atoms with Crippen LogP contribution >= 0.6 is 11.8 Å². The summed E-state index contributed by atoms with van der Waals surface area (Å²) in [6.07, 6.45) is 0. The Morgan fingerprint density at radius 2 is 1.15 bits per heavy atom. The van der Waals surface area contributed by atoms with Crippen molar-refractivity contribution in [2.75, 3.05) is 39.7 Å². The van der Waals surface area contributed by atoms with Gasteiger partial charge in [-0.3, -0.25) is 0 Å². The van der Waals surface area contributed by atoms with Crippen LogP contribution in [0.3, 0.4) is 0 Å². The van der Waals surface area contributed by atoms with E-state index in [2.05, 4.69) is 51.8 Å². The van der Waals surface area contributed by atoms with Crippen LogP contribution in [0.4, 0.5) is 0 Å². The minimum absolute atomic E-state index is 0.680. The van der Waals surface area contributed by atoms with Crippen LogP contribution in [0.25, 0.3) is 0 Å². The van der Waals surface area contributed by atoms with Crippen LogP contribution < -0.4 is 0 Å². The lowest BCUT2D eigenvalue weighted by Gasteiger charge is -2.22. The van der Waals surface area contributed by atoms with Crippen LogP contribution in [-0.4, -0.2) is 61.6 Å². The van der Waals surface area contributed by atoms with Gasteiger partial charge in [-0.2, -0.15) is 11.8 Å². The summed E-state index contributed by atoms with van der Waals surface area (Å²) in [5.74, 6) is 2.45. The van der Waals surface area contributed by atoms with Crippen molar-refractivity contribution in [2.45, 2.75) is 25.9 Å². The number of rotatable bonds is 6. The van der Waals surface area contributed by atoms with Crippen molar-refractivity contribution in [1.82, 2.24) is 9.80 Å². The van der Waals surface area contributed by atoms with Gasteiger partial charge in [0, 0.05) is 23.6 Å². The number of hydrogen-bond acceptors (Lipinski definition) is 3. The molecule has 0 rings (SSSR count). The smallest absolute Gasteiger partial charge is 0.0152 e. The third kappa shape index (κ3) is 6.36. The van der Waals surface area contributed by atoms with Crippen molar-refractivity contribution >= 4 is 11.8 Å². The summed E-state index contributed by atoms with van der Waals surface area (Å²) in [4.78, 5) is 4.54. The number of hydrogen-bond donors (Lipinski definition) is 0. The lowest BCUT2D eigenvalue weighted by atomic mass is 10.4. The van der Waals surface area contributed by atoms with Gasteiger partial charge < -0.3 is 9.80 Å². The van der Waals surface area contributed by atoms with E-state index in [0.717, 1.165) is 0 Å². The summed E-state index contributed by atoms with van der Waals surface area (Å²) >= 11 is 2.04. The molecule has 0 aliphatic rings. The quantitative estimate of drug-likeness (QED) is 0.649. The highest BCUT2D eigenvalue weighted by Gasteiger charge is 2.07. The predicted molar refractivity (Wildman–Crippen MR) is 63.6 cm³/mol. The second-order valence-corrected chi connectivity index (χ2v) is 5.24. The molecule has 3 heteroatoms. The van der Waals surface area contributed by atoms with Crippen molar-refractivity contribution in [3.05, 3.63) is 0 Å². The van der Waals surface area contributed by atoms with Crippen LogP contribution in [0.2, 0.25) is 0 Å². The van der Waals surface area contributed by atoms with E-state index in [1.54, 1.807) is 0 Å². The van der Waals surface area contributed by atoms with Gasteiger partial charge in [-0.05, 0) is 42.0 Å². The molecule has 0 fully saturated rings. The van der Waals surface area contributed by atoms with Crippen molar-refractivity contribution in [1.29, 1.82) is 0 Å². The fraction of sp³-hybridized carbons (Fsp3) is 1.00. The zero-order chi connectivity index (χ0) is 10.4. The summed E-state index contributed by atoms with van der Waals surface area (Å²) in [7, 11) is 8.56. The second kappa shape index (κ2) is 6.68. The van der Waals surface area contributed by atoms with E-state index in [0.29, 0.717) is 12.1 Å². The normalized spacial score (nSPS) is 16.6. The van der Waals surface area contributed by atoms with Gasteiger partial charge >= 0.3 is 0 Å². The topological polar surface area (TPSA) is 6.48 Å². The van der Waals surface area contributed by atoms with E-state index < -0.39 is 0 Å². The predicted octanol–water partition coefficient (Wildman–Crippen LogP) is 1.62. The summed E-state index contributed by atoms with van der Waals surface area (Å²) in [5, 5.41) is 0. The third-order valence-electron chi connectivity index (χ3n) is 2.48. The first-order chi connectivity index (χ1) is 5.95. The van der Waals surface area contributed by atoms with Gasteiger partial charge in [0.15, 0.2) is 0 Å². The molecule has 80 valence electrons. The number of thioether (sulfide) groups is 1. The van der Waals surface area contributed by atoms with Crippen LogP contribution in [-0.2, 0) is 0 Å². The molecule has 13 heavy (non-hydrogen) atoms.